The van der Waals surface area contributed by atoms with Crippen molar-refractivity contribution in [2.75, 3.05) is 26.0 Å². The van der Waals surface area contributed by atoms with E-state index in [1.54, 1.807) is 7.11 Å². The Kier molecular flexibility index (Phi) is 8.20. The van der Waals surface area contributed by atoms with Crippen LogP contribution < -0.4 is 10.1 Å². The van der Waals surface area contributed by atoms with Crippen LogP contribution in [-0.4, -0.2) is 48.7 Å². The number of aryl methyl sites for hydroxylation is 1. The standard InChI is InChI=1S/C24H30N2O3S/c1-18(9-10-19-11-13-20(29-2)14-12-19)25-24(28)21-7-3-4-8-22(21)30-17-23(27)26-15-5-6-16-26/h3-4,7-8,11-14,18H,5-6,9-10,15-17H2,1-2H3,(H,25,28). The average molecular weight is 427 g/mol. The van der Waals surface area contributed by atoms with Crippen LogP contribution in [0.2, 0.25) is 0 Å². The summed E-state index contributed by atoms with van der Waals surface area (Å²) in [5, 5.41) is 3.10. The second-order valence-corrected chi connectivity index (χ2v) is 8.65. The molecule has 1 atom stereocenters. The van der Waals surface area contributed by atoms with Gasteiger partial charge < -0.3 is 15.0 Å². The fraction of sp³-hybridized carbons (Fsp3) is 0.417. The van der Waals surface area contributed by atoms with Crippen molar-refractivity contribution in [3.8, 4) is 5.75 Å². The number of benzene rings is 2. The van der Waals surface area contributed by atoms with E-state index in [-0.39, 0.29) is 17.9 Å². The first-order valence-electron chi connectivity index (χ1n) is 10.5. The summed E-state index contributed by atoms with van der Waals surface area (Å²) in [6, 6.07) is 15.6. The third-order valence-corrected chi connectivity index (χ3v) is 6.40. The molecule has 2 amide bonds. The summed E-state index contributed by atoms with van der Waals surface area (Å²) < 4.78 is 5.19. The molecular weight excluding hydrogens is 396 g/mol. The normalized spacial score (nSPS) is 14.4. The maximum absolute atomic E-state index is 12.8. The molecule has 1 N–H and O–H groups in total. The molecule has 30 heavy (non-hydrogen) atoms. The van der Waals surface area contributed by atoms with E-state index >= 15 is 0 Å². The molecule has 2 aromatic rings. The van der Waals surface area contributed by atoms with Crippen LogP contribution in [-0.2, 0) is 11.2 Å². The van der Waals surface area contributed by atoms with Gasteiger partial charge in [0.2, 0.25) is 5.91 Å². The average Bonchev–Trinajstić information content (AvgIpc) is 3.31. The van der Waals surface area contributed by atoms with E-state index in [0.29, 0.717) is 11.3 Å². The SMILES string of the molecule is COc1ccc(CCC(C)NC(=O)c2ccccc2SCC(=O)N2CCCC2)cc1. The molecule has 160 valence electrons. The number of nitrogens with one attached hydrogen (secondary N) is 1. The number of hydrogen-bond donors (Lipinski definition) is 1. The third kappa shape index (κ3) is 6.26. The zero-order valence-corrected chi connectivity index (χ0v) is 18.5. The molecule has 6 heteroatoms. The van der Waals surface area contributed by atoms with Gasteiger partial charge in [-0.2, -0.15) is 0 Å². The predicted octanol–water partition coefficient (Wildman–Crippen LogP) is 4.16. The van der Waals surface area contributed by atoms with Crippen LogP contribution in [0, 0.1) is 0 Å². The van der Waals surface area contributed by atoms with Crippen molar-refractivity contribution in [2.45, 2.75) is 43.5 Å². The van der Waals surface area contributed by atoms with Gasteiger partial charge in [-0.3, -0.25) is 9.59 Å². The van der Waals surface area contributed by atoms with Crippen molar-refractivity contribution < 1.29 is 14.3 Å². The first-order valence-corrected chi connectivity index (χ1v) is 11.5. The topological polar surface area (TPSA) is 58.6 Å². The highest BCUT2D eigenvalue weighted by Crippen LogP contribution is 2.24. The molecule has 1 unspecified atom stereocenters. The van der Waals surface area contributed by atoms with Gasteiger partial charge in [0, 0.05) is 24.0 Å². The van der Waals surface area contributed by atoms with Gasteiger partial charge >= 0.3 is 0 Å². The molecular formula is C24H30N2O3S. The van der Waals surface area contributed by atoms with Crippen LogP contribution in [0.5, 0.6) is 5.75 Å². The van der Waals surface area contributed by atoms with E-state index in [9.17, 15) is 9.59 Å². The third-order valence-electron chi connectivity index (χ3n) is 5.34. The molecule has 0 aliphatic carbocycles. The number of carbonyl (C=O) groups is 2. The minimum absolute atomic E-state index is 0.0453. The highest BCUT2D eigenvalue weighted by molar-refractivity contribution is 8.00. The van der Waals surface area contributed by atoms with Gasteiger partial charge in [0.05, 0.1) is 18.4 Å². The molecule has 0 aromatic heterocycles. The summed E-state index contributed by atoms with van der Waals surface area (Å²) in [6.45, 7) is 3.73. The lowest BCUT2D eigenvalue weighted by atomic mass is 10.1. The van der Waals surface area contributed by atoms with E-state index in [1.165, 1.54) is 17.3 Å². The molecule has 1 aliphatic rings. The maximum atomic E-state index is 12.8. The highest BCUT2D eigenvalue weighted by Gasteiger charge is 2.19. The van der Waals surface area contributed by atoms with Gasteiger partial charge in [-0.25, -0.2) is 0 Å². The smallest absolute Gasteiger partial charge is 0.252 e. The van der Waals surface area contributed by atoms with Crippen LogP contribution in [0.25, 0.3) is 0 Å². The van der Waals surface area contributed by atoms with Crippen molar-refractivity contribution in [3.05, 3.63) is 59.7 Å². The Labute approximate surface area is 183 Å². The largest absolute Gasteiger partial charge is 0.497 e. The lowest BCUT2D eigenvalue weighted by molar-refractivity contribution is -0.127. The fourth-order valence-corrected chi connectivity index (χ4v) is 4.48. The Hall–Kier alpha value is -2.47. The van der Waals surface area contributed by atoms with E-state index in [2.05, 4.69) is 17.4 Å². The number of rotatable bonds is 9. The van der Waals surface area contributed by atoms with Gasteiger partial charge in [-0.1, -0.05) is 24.3 Å². The molecule has 3 rings (SSSR count). The van der Waals surface area contributed by atoms with Crippen molar-refractivity contribution in [2.24, 2.45) is 0 Å². The second kappa shape index (κ2) is 11.1. The number of thioether (sulfide) groups is 1. The Balaban J connectivity index is 1.52. The zero-order valence-electron chi connectivity index (χ0n) is 17.7. The Morgan fingerprint density at radius 2 is 1.80 bits per heavy atom. The molecule has 1 heterocycles. The van der Waals surface area contributed by atoms with E-state index in [1.807, 2.05) is 48.2 Å². The van der Waals surface area contributed by atoms with Gasteiger partial charge in [0.25, 0.3) is 5.91 Å². The summed E-state index contributed by atoms with van der Waals surface area (Å²) in [5.74, 6) is 1.28. The van der Waals surface area contributed by atoms with Gasteiger partial charge in [0.1, 0.15) is 5.75 Å². The number of ether oxygens (including phenoxy) is 1. The molecule has 0 radical (unpaired) electrons. The van der Waals surface area contributed by atoms with Crippen LogP contribution in [0.1, 0.15) is 42.1 Å². The summed E-state index contributed by atoms with van der Waals surface area (Å²) in [4.78, 5) is 27.9. The Bertz CT molecular complexity index is 848. The maximum Gasteiger partial charge on any atom is 0.252 e. The first kappa shape index (κ1) is 22.2. The second-order valence-electron chi connectivity index (χ2n) is 7.63. The monoisotopic (exact) mass is 426 g/mol. The van der Waals surface area contributed by atoms with Crippen molar-refractivity contribution in [3.63, 3.8) is 0 Å². The highest BCUT2D eigenvalue weighted by atomic mass is 32.2. The minimum atomic E-state index is -0.0889. The molecule has 1 saturated heterocycles. The molecule has 1 aliphatic heterocycles. The lowest BCUT2D eigenvalue weighted by Crippen LogP contribution is -2.33. The van der Waals surface area contributed by atoms with E-state index in [0.717, 1.165) is 49.4 Å². The van der Waals surface area contributed by atoms with Crippen LogP contribution in [0.15, 0.2) is 53.4 Å². The minimum Gasteiger partial charge on any atom is -0.497 e. The summed E-state index contributed by atoms with van der Waals surface area (Å²) in [5.41, 5.74) is 1.85. The number of carbonyl (C=O) groups excluding carboxylic acids is 2. The van der Waals surface area contributed by atoms with Crippen LogP contribution >= 0.6 is 11.8 Å². The van der Waals surface area contributed by atoms with Crippen molar-refractivity contribution in [1.29, 1.82) is 0 Å². The molecule has 5 nitrogen and oxygen atoms in total. The lowest BCUT2D eigenvalue weighted by Gasteiger charge is -2.17. The van der Waals surface area contributed by atoms with E-state index in [4.69, 9.17) is 4.74 Å². The van der Waals surface area contributed by atoms with Crippen molar-refractivity contribution in [1.82, 2.24) is 10.2 Å². The predicted molar refractivity (Wildman–Crippen MR) is 121 cm³/mol. The van der Waals surface area contributed by atoms with Gasteiger partial charge in [-0.05, 0) is 62.4 Å². The summed E-state index contributed by atoms with van der Waals surface area (Å²) in [6.07, 6.45) is 3.90. The number of amides is 2. The Morgan fingerprint density at radius 1 is 1.10 bits per heavy atom. The molecule has 1 fully saturated rings. The summed E-state index contributed by atoms with van der Waals surface area (Å²) in [7, 11) is 1.66. The number of methoxy groups -OCH3 is 1. The molecule has 2 aromatic carbocycles. The van der Waals surface area contributed by atoms with Gasteiger partial charge in [-0.15, -0.1) is 11.8 Å². The quantitative estimate of drug-likeness (QED) is 0.612. The number of hydrogen-bond acceptors (Lipinski definition) is 4. The van der Waals surface area contributed by atoms with Crippen molar-refractivity contribution >= 4 is 23.6 Å². The number of likely N-dealkylation sites (tertiary alicyclic amines) is 1. The molecule has 0 spiro atoms. The van der Waals surface area contributed by atoms with E-state index < -0.39 is 0 Å². The number of nitrogens with zero attached hydrogens (tertiary/aromatic N) is 1. The van der Waals surface area contributed by atoms with Crippen LogP contribution in [0.3, 0.4) is 0 Å². The molecule has 0 saturated carbocycles. The van der Waals surface area contributed by atoms with Gasteiger partial charge in [0.15, 0.2) is 0 Å². The Morgan fingerprint density at radius 3 is 2.50 bits per heavy atom. The summed E-state index contributed by atoms with van der Waals surface area (Å²) >= 11 is 1.45. The fourth-order valence-electron chi connectivity index (χ4n) is 3.53. The van der Waals surface area contributed by atoms with Crippen LogP contribution in [0.4, 0.5) is 0 Å². The first-order chi connectivity index (χ1) is 14.6. The molecule has 0 bridgehead atoms. The zero-order chi connectivity index (χ0) is 21.3.